The van der Waals surface area contributed by atoms with Crippen molar-refractivity contribution in [1.82, 2.24) is 14.5 Å². The molecule has 8 heteroatoms. The predicted molar refractivity (Wildman–Crippen MR) is 128 cm³/mol. The van der Waals surface area contributed by atoms with E-state index in [4.69, 9.17) is 4.74 Å². The Morgan fingerprint density at radius 2 is 1.76 bits per heavy atom. The smallest absolute Gasteiger partial charge is 0.269 e. The van der Waals surface area contributed by atoms with Crippen molar-refractivity contribution in [3.05, 3.63) is 75.1 Å². The van der Waals surface area contributed by atoms with Gasteiger partial charge in [-0.1, -0.05) is 31.2 Å². The molecule has 1 aliphatic rings. The summed E-state index contributed by atoms with van der Waals surface area (Å²) in [6.45, 7) is 2.11. The number of methoxy groups -OCH3 is 1. The van der Waals surface area contributed by atoms with Crippen molar-refractivity contribution in [2.45, 2.75) is 50.5 Å². The van der Waals surface area contributed by atoms with Crippen molar-refractivity contribution < 1.29 is 13.2 Å². The molecule has 1 N–H and O–H groups in total. The van der Waals surface area contributed by atoms with Crippen LogP contribution < -0.4 is 15.0 Å². The van der Waals surface area contributed by atoms with E-state index in [1.165, 1.54) is 4.68 Å². The van der Waals surface area contributed by atoms with Crippen LogP contribution in [0.3, 0.4) is 0 Å². The lowest BCUT2D eigenvalue weighted by Crippen LogP contribution is -2.28. The Bertz CT molecular complexity index is 1330. The van der Waals surface area contributed by atoms with Gasteiger partial charge < -0.3 is 4.74 Å². The van der Waals surface area contributed by atoms with E-state index in [0.29, 0.717) is 17.7 Å². The van der Waals surface area contributed by atoms with E-state index in [0.717, 1.165) is 53.7 Å². The minimum Gasteiger partial charge on any atom is -0.497 e. The van der Waals surface area contributed by atoms with Crippen LogP contribution in [0.2, 0.25) is 0 Å². The molecule has 0 amide bonds. The van der Waals surface area contributed by atoms with Crippen LogP contribution in [0.4, 0.5) is 0 Å². The number of fused-ring (bicyclic) bond motifs is 1. The molecule has 0 fully saturated rings. The second-order valence-corrected chi connectivity index (χ2v) is 10.0. The number of aromatic nitrogens is 2. The third-order valence-electron chi connectivity index (χ3n) is 6.19. The zero-order chi connectivity index (χ0) is 23.6. The maximum Gasteiger partial charge on any atom is 0.269 e. The Morgan fingerprint density at radius 3 is 2.42 bits per heavy atom. The standard InChI is InChI=1S/C25H29N3O4S/c1-4-18-11-12-19(24-21-7-5-6-8-22(21)25(29)28(2)27-24)15-23(18)33(30,31)26-16-17-9-13-20(32-3)14-10-17/h9-15,26H,4-8,16H2,1-3H3. The first-order valence-electron chi connectivity index (χ1n) is 11.2. The second kappa shape index (κ2) is 9.49. The van der Waals surface area contributed by atoms with Gasteiger partial charge in [0.05, 0.1) is 17.7 Å². The Balaban J connectivity index is 1.71. The SMILES string of the molecule is CCc1ccc(-c2nn(C)c(=O)c3c2CCCC3)cc1S(=O)(=O)NCc1ccc(OC)cc1. The number of rotatable bonds is 7. The summed E-state index contributed by atoms with van der Waals surface area (Å²) >= 11 is 0. The van der Waals surface area contributed by atoms with Crippen LogP contribution in [0.25, 0.3) is 11.3 Å². The molecule has 3 aromatic rings. The summed E-state index contributed by atoms with van der Waals surface area (Å²) in [4.78, 5) is 12.8. The van der Waals surface area contributed by atoms with E-state index < -0.39 is 10.0 Å². The van der Waals surface area contributed by atoms with Crippen LogP contribution in [0.15, 0.2) is 52.2 Å². The number of nitrogens with zero attached hydrogens (tertiary/aromatic N) is 2. The average molecular weight is 468 g/mol. The van der Waals surface area contributed by atoms with Crippen molar-refractivity contribution in [2.24, 2.45) is 7.05 Å². The minimum absolute atomic E-state index is 0.0624. The summed E-state index contributed by atoms with van der Waals surface area (Å²) in [5.41, 5.74) is 4.67. The third kappa shape index (κ3) is 4.72. The molecule has 0 spiro atoms. The van der Waals surface area contributed by atoms with Crippen LogP contribution in [0, 0.1) is 0 Å². The van der Waals surface area contributed by atoms with Crippen molar-refractivity contribution in [3.63, 3.8) is 0 Å². The molecular formula is C25H29N3O4S. The molecule has 0 saturated heterocycles. The lowest BCUT2D eigenvalue weighted by Gasteiger charge is -2.20. The number of sulfonamides is 1. The van der Waals surface area contributed by atoms with Crippen molar-refractivity contribution in [1.29, 1.82) is 0 Å². The highest BCUT2D eigenvalue weighted by Crippen LogP contribution is 2.31. The molecule has 1 heterocycles. The maximum absolute atomic E-state index is 13.3. The van der Waals surface area contributed by atoms with Crippen LogP contribution in [0.5, 0.6) is 5.75 Å². The molecule has 4 rings (SSSR count). The highest BCUT2D eigenvalue weighted by Gasteiger charge is 2.23. The third-order valence-corrected chi connectivity index (χ3v) is 7.68. The molecule has 174 valence electrons. The van der Waals surface area contributed by atoms with Gasteiger partial charge in [-0.15, -0.1) is 0 Å². The first-order valence-corrected chi connectivity index (χ1v) is 12.7. The van der Waals surface area contributed by atoms with E-state index in [9.17, 15) is 13.2 Å². The van der Waals surface area contributed by atoms with Crippen molar-refractivity contribution >= 4 is 10.0 Å². The minimum atomic E-state index is -3.76. The largest absolute Gasteiger partial charge is 0.497 e. The lowest BCUT2D eigenvalue weighted by molar-refractivity contribution is 0.414. The van der Waals surface area contributed by atoms with Gasteiger partial charge in [0.1, 0.15) is 5.75 Å². The summed E-state index contributed by atoms with van der Waals surface area (Å²) in [5, 5.41) is 4.52. The van der Waals surface area contributed by atoms with E-state index in [2.05, 4.69) is 9.82 Å². The summed E-state index contributed by atoms with van der Waals surface area (Å²) in [7, 11) is -0.526. The molecule has 0 aliphatic heterocycles. The monoisotopic (exact) mass is 467 g/mol. The molecule has 0 atom stereocenters. The molecule has 7 nitrogen and oxygen atoms in total. The topological polar surface area (TPSA) is 90.3 Å². The molecule has 0 bridgehead atoms. The van der Waals surface area contributed by atoms with Gasteiger partial charge in [-0.05, 0) is 67.0 Å². The number of nitrogens with one attached hydrogen (secondary N) is 1. The van der Waals surface area contributed by atoms with Gasteiger partial charge in [-0.2, -0.15) is 5.10 Å². The zero-order valence-electron chi connectivity index (χ0n) is 19.2. The molecule has 0 radical (unpaired) electrons. The first-order chi connectivity index (χ1) is 15.8. The molecule has 1 aromatic heterocycles. The molecule has 2 aromatic carbocycles. The number of aryl methyl sites for hydroxylation is 2. The van der Waals surface area contributed by atoms with E-state index >= 15 is 0 Å². The Kier molecular flexibility index (Phi) is 6.67. The van der Waals surface area contributed by atoms with Gasteiger partial charge in [0.15, 0.2) is 0 Å². The van der Waals surface area contributed by atoms with Crippen LogP contribution >= 0.6 is 0 Å². The van der Waals surface area contributed by atoms with Crippen molar-refractivity contribution in [3.8, 4) is 17.0 Å². The molecule has 0 unspecified atom stereocenters. The maximum atomic E-state index is 13.3. The Morgan fingerprint density at radius 1 is 1.06 bits per heavy atom. The molecule has 1 aliphatic carbocycles. The van der Waals surface area contributed by atoms with E-state index in [1.54, 1.807) is 32.4 Å². The Labute approximate surface area is 194 Å². The first kappa shape index (κ1) is 23.2. The van der Waals surface area contributed by atoms with E-state index in [1.807, 2.05) is 31.2 Å². The normalized spacial score (nSPS) is 13.5. The highest BCUT2D eigenvalue weighted by molar-refractivity contribution is 7.89. The molecule has 33 heavy (non-hydrogen) atoms. The van der Waals surface area contributed by atoms with E-state index in [-0.39, 0.29) is 17.0 Å². The molecular weight excluding hydrogens is 438 g/mol. The predicted octanol–water partition coefficient (Wildman–Crippen LogP) is 3.38. The van der Waals surface area contributed by atoms with Crippen LogP contribution in [-0.4, -0.2) is 25.3 Å². The van der Waals surface area contributed by atoms with Gasteiger partial charge in [0.25, 0.3) is 5.56 Å². The van der Waals surface area contributed by atoms with Gasteiger partial charge in [-0.25, -0.2) is 17.8 Å². The summed E-state index contributed by atoms with van der Waals surface area (Å²) in [5.74, 6) is 0.718. The fourth-order valence-corrected chi connectivity index (χ4v) is 5.68. The fraction of sp³-hybridized carbons (Fsp3) is 0.360. The number of hydrogen-bond acceptors (Lipinski definition) is 5. The Hall–Kier alpha value is -2.97. The van der Waals surface area contributed by atoms with Crippen molar-refractivity contribution in [2.75, 3.05) is 7.11 Å². The van der Waals surface area contributed by atoms with Crippen LogP contribution in [0.1, 0.15) is 42.0 Å². The van der Waals surface area contributed by atoms with Gasteiger partial charge in [-0.3, -0.25) is 4.79 Å². The van der Waals surface area contributed by atoms with Crippen LogP contribution in [-0.2, 0) is 42.9 Å². The summed E-state index contributed by atoms with van der Waals surface area (Å²) in [6.07, 6.45) is 4.07. The highest BCUT2D eigenvalue weighted by atomic mass is 32.2. The number of benzene rings is 2. The summed E-state index contributed by atoms with van der Waals surface area (Å²) < 4.78 is 35.8. The van der Waals surface area contributed by atoms with Gasteiger partial charge >= 0.3 is 0 Å². The quantitative estimate of drug-likeness (QED) is 0.575. The number of hydrogen-bond donors (Lipinski definition) is 1. The number of ether oxygens (including phenoxy) is 1. The summed E-state index contributed by atoms with van der Waals surface area (Å²) in [6, 6.07) is 12.7. The molecule has 0 saturated carbocycles. The lowest BCUT2D eigenvalue weighted by atomic mass is 9.89. The zero-order valence-corrected chi connectivity index (χ0v) is 20.0. The average Bonchev–Trinajstić information content (AvgIpc) is 2.85. The van der Waals surface area contributed by atoms with Gasteiger partial charge in [0.2, 0.25) is 10.0 Å². The second-order valence-electron chi connectivity index (χ2n) is 8.29. The fourth-order valence-electron chi connectivity index (χ4n) is 4.33. The van der Waals surface area contributed by atoms with Gasteiger partial charge in [0, 0.05) is 24.7 Å².